The molecule has 0 fully saturated rings. The number of carbonyl (C=O) groups is 2. The number of Topliss-reactive ketones (excluding diaryl/α,β-unsaturated/α-hetero) is 1. The third-order valence-corrected chi connectivity index (χ3v) is 3.97. The van der Waals surface area contributed by atoms with Crippen LogP contribution >= 0.6 is 0 Å². The molecule has 1 aliphatic carbocycles. The number of hydrogen-bond acceptors (Lipinski definition) is 3. The highest BCUT2D eigenvalue weighted by atomic mass is 16.2. The Morgan fingerprint density at radius 3 is 2.64 bits per heavy atom. The fraction of sp³-hybridized carbons (Fsp3) is 0.294. The minimum Gasteiger partial charge on any atom is -0.362 e. The number of para-hydroxylation sites is 1. The Kier molecular flexibility index (Phi) is 3.71. The van der Waals surface area contributed by atoms with Crippen LogP contribution in [0.1, 0.15) is 22.5 Å². The minimum absolute atomic E-state index is 0.00571. The van der Waals surface area contributed by atoms with Crippen molar-refractivity contribution in [2.75, 3.05) is 19.4 Å². The lowest BCUT2D eigenvalue weighted by Gasteiger charge is -2.24. The number of nitrogens with zero attached hydrogens (tertiary/aromatic N) is 1. The predicted octanol–water partition coefficient (Wildman–Crippen LogP) is 2.59. The van der Waals surface area contributed by atoms with Crippen LogP contribution in [0.15, 0.2) is 36.5 Å². The molecule has 0 saturated carbocycles. The van der Waals surface area contributed by atoms with Crippen LogP contribution in [0.2, 0.25) is 0 Å². The van der Waals surface area contributed by atoms with Gasteiger partial charge in [-0.05, 0) is 12.1 Å². The summed E-state index contributed by atoms with van der Waals surface area (Å²) in [6.07, 6.45) is 2.65. The summed E-state index contributed by atoms with van der Waals surface area (Å²) >= 11 is 0. The molecule has 5 heteroatoms. The van der Waals surface area contributed by atoms with E-state index in [0.717, 1.165) is 17.1 Å². The molecule has 0 spiro atoms. The van der Waals surface area contributed by atoms with Crippen molar-refractivity contribution in [1.82, 2.24) is 9.88 Å². The topological polar surface area (TPSA) is 65.2 Å². The zero-order valence-electron chi connectivity index (χ0n) is 12.7. The summed E-state index contributed by atoms with van der Waals surface area (Å²) in [7, 11) is 3.44. The van der Waals surface area contributed by atoms with Gasteiger partial charge in [-0.15, -0.1) is 0 Å². The van der Waals surface area contributed by atoms with Gasteiger partial charge in [-0.1, -0.05) is 18.2 Å². The number of aromatic amines is 1. The van der Waals surface area contributed by atoms with Crippen molar-refractivity contribution in [3.8, 4) is 0 Å². The second-order valence-corrected chi connectivity index (χ2v) is 5.81. The second-order valence-electron chi connectivity index (χ2n) is 5.81. The number of rotatable bonds is 3. The van der Waals surface area contributed by atoms with Gasteiger partial charge in [0.25, 0.3) is 0 Å². The maximum atomic E-state index is 12.5. The fourth-order valence-electron chi connectivity index (χ4n) is 2.91. The lowest BCUT2D eigenvalue weighted by molar-refractivity contribution is -0.133. The molecule has 1 atom stereocenters. The summed E-state index contributed by atoms with van der Waals surface area (Å²) in [5.41, 5.74) is 3.24. The van der Waals surface area contributed by atoms with Gasteiger partial charge >= 0.3 is 0 Å². The van der Waals surface area contributed by atoms with Gasteiger partial charge < -0.3 is 15.2 Å². The molecule has 3 rings (SSSR count). The molecule has 5 nitrogen and oxygen atoms in total. The average Bonchev–Trinajstić information content (AvgIpc) is 2.91. The molecule has 0 bridgehead atoms. The van der Waals surface area contributed by atoms with Gasteiger partial charge in [-0.3, -0.25) is 9.59 Å². The van der Waals surface area contributed by atoms with Crippen molar-refractivity contribution in [1.29, 1.82) is 0 Å². The molecule has 1 heterocycles. The van der Waals surface area contributed by atoms with Crippen molar-refractivity contribution < 1.29 is 9.59 Å². The van der Waals surface area contributed by atoms with Crippen LogP contribution in [-0.4, -0.2) is 35.7 Å². The van der Waals surface area contributed by atoms with E-state index in [4.69, 9.17) is 0 Å². The van der Waals surface area contributed by atoms with Gasteiger partial charge in [0.2, 0.25) is 5.91 Å². The normalized spacial score (nSPS) is 17.0. The molecule has 2 N–H and O–H groups in total. The first kappa shape index (κ1) is 14.4. The van der Waals surface area contributed by atoms with Gasteiger partial charge in [0.15, 0.2) is 5.78 Å². The molecule has 1 aromatic heterocycles. The highest BCUT2D eigenvalue weighted by molar-refractivity contribution is 6.06. The number of carbonyl (C=O) groups excluding carboxylic acids is 2. The Bertz CT molecular complexity index is 704. The van der Waals surface area contributed by atoms with Crippen LogP contribution in [0.25, 0.3) is 0 Å². The number of anilines is 2. The summed E-state index contributed by atoms with van der Waals surface area (Å²) in [5.74, 6) is -0.245. The van der Waals surface area contributed by atoms with E-state index >= 15 is 0 Å². The molecule has 1 aliphatic rings. The molecule has 22 heavy (non-hydrogen) atoms. The maximum Gasteiger partial charge on any atom is 0.226 e. The standard InChI is InChI=1S/C17H19N3O2/c1-20(2)17(22)11-8-13-16(15(21)9-11)14(10-18-13)19-12-6-4-3-5-7-12/h3-7,10-11,18-19H,8-9H2,1-2H3. The monoisotopic (exact) mass is 297 g/mol. The molecule has 0 aliphatic heterocycles. The second kappa shape index (κ2) is 5.67. The van der Waals surface area contributed by atoms with Gasteiger partial charge in [-0.25, -0.2) is 0 Å². The summed E-state index contributed by atoms with van der Waals surface area (Å²) in [4.78, 5) is 29.3. The third-order valence-electron chi connectivity index (χ3n) is 3.97. The Morgan fingerprint density at radius 2 is 1.95 bits per heavy atom. The quantitative estimate of drug-likeness (QED) is 0.915. The molecule has 2 aromatic rings. The number of ketones is 1. The van der Waals surface area contributed by atoms with Crippen LogP contribution < -0.4 is 5.32 Å². The molecular formula is C17H19N3O2. The van der Waals surface area contributed by atoms with Crippen LogP contribution in [0.3, 0.4) is 0 Å². The smallest absolute Gasteiger partial charge is 0.226 e. The summed E-state index contributed by atoms with van der Waals surface area (Å²) in [6.45, 7) is 0. The Balaban J connectivity index is 1.85. The highest BCUT2D eigenvalue weighted by Crippen LogP contribution is 2.32. The lowest BCUT2D eigenvalue weighted by atomic mass is 9.85. The van der Waals surface area contributed by atoms with E-state index in [0.29, 0.717) is 12.0 Å². The Morgan fingerprint density at radius 1 is 1.23 bits per heavy atom. The number of nitrogens with one attached hydrogen (secondary N) is 2. The SMILES string of the molecule is CN(C)C(=O)C1CC(=O)c2c(Nc3ccccc3)c[nH]c2C1. The summed E-state index contributed by atoms with van der Waals surface area (Å²) < 4.78 is 0. The van der Waals surface area contributed by atoms with Gasteiger partial charge in [-0.2, -0.15) is 0 Å². The Labute approximate surface area is 129 Å². The Hall–Kier alpha value is -2.56. The van der Waals surface area contributed by atoms with Crippen LogP contribution in [0.4, 0.5) is 11.4 Å². The van der Waals surface area contributed by atoms with E-state index in [1.165, 1.54) is 0 Å². The third kappa shape index (κ3) is 2.62. The molecule has 0 radical (unpaired) electrons. The van der Waals surface area contributed by atoms with Gasteiger partial charge in [0.05, 0.1) is 17.2 Å². The van der Waals surface area contributed by atoms with E-state index in [1.807, 2.05) is 30.3 Å². The first-order valence-electron chi connectivity index (χ1n) is 7.33. The van der Waals surface area contributed by atoms with E-state index in [9.17, 15) is 9.59 Å². The van der Waals surface area contributed by atoms with Gasteiger partial charge in [0.1, 0.15) is 0 Å². The average molecular weight is 297 g/mol. The first-order valence-corrected chi connectivity index (χ1v) is 7.33. The largest absolute Gasteiger partial charge is 0.362 e. The lowest BCUT2D eigenvalue weighted by Crippen LogP contribution is -2.35. The van der Waals surface area contributed by atoms with Crippen molar-refractivity contribution in [2.45, 2.75) is 12.8 Å². The number of aromatic nitrogens is 1. The molecule has 1 amide bonds. The zero-order valence-corrected chi connectivity index (χ0v) is 12.7. The molecule has 1 aromatic carbocycles. The highest BCUT2D eigenvalue weighted by Gasteiger charge is 2.33. The van der Waals surface area contributed by atoms with E-state index in [1.54, 1.807) is 25.2 Å². The van der Waals surface area contributed by atoms with Crippen LogP contribution in [0, 0.1) is 5.92 Å². The predicted molar refractivity (Wildman–Crippen MR) is 85.4 cm³/mol. The number of H-pyrrole nitrogens is 1. The first-order chi connectivity index (χ1) is 10.6. The number of fused-ring (bicyclic) bond motifs is 1. The number of benzene rings is 1. The van der Waals surface area contributed by atoms with Crippen LogP contribution in [0.5, 0.6) is 0 Å². The van der Waals surface area contributed by atoms with Crippen molar-refractivity contribution in [2.24, 2.45) is 5.92 Å². The van der Waals surface area contributed by atoms with Crippen molar-refractivity contribution in [3.05, 3.63) is 47.8 Å². The number of amides is 1. The molecular weight excluding hydrogens is 278 g/mol. The molecule has 1 unspecified atom stereocenters. The minimum atomic E-state index is -0.266. The fourth-order valence-corrected chi connectivity index (χ4v) is 2.91. The molecule has 114 valence electrons. The van der Waals surface area contributed by atoms with Crippen molar-refractivity contribution in [3.63, 3.8) is 0 Å². The van der Waals surface area contributed by atoms with Gasteiger partial charge in [0, 0.05) is 44.5 Å². The molecule has 0 saturated heterocycles. The zero-order chi connectivity index (χ0) is 15.7. The van der Waals surface area contributed by atoms with E-state index < -0.39 is 0 Å². The van der Waals surface area contributed by atoms with E-state index in [2.05, 4.69) is 10.3 Å². The maximum absolute atomic E-state index is 12.5. The number of hydrogen-bond donors (Lipinski definition) is 2. The summed E-state index contributed by atoms with van der Waals surface area (Å²) in [6, 6.07) is 9.72. The van der Waals surface area contributed by atoms with Crippen molar-refractivity contribution >= 4 is 23.1 Å². The van der Waals surface area contributed by atoms with E-state index in [-0.39, 0.29) is 24.0 Å². The summed E-state index contributed by atoms with van der Waals surface area (Å²) in [5, 5.41) is 3.26. The van der Waals surface area contributed by atoms with Crippen LogP contribution in [-0.2, 0) is 11.2 Å².